The normalized spacial score (nSPS) is 16.9. The molecule has 0 fully saturated rings. The molecule has 0 atom stereocenters. The highest BCUT2D eigenvalue weighted by molar-refractivity contribution is 5.86. The molecule has 0 saturated carbocycles. The fraction of sp³-hybridized carbons (Fsp3) is 0.308. The summed E-state index contributed by atoms with van der Waals surface area (Å²) < 4.78 is 19.0. The number of hydrogen-bond acceptors (Lipinski definition) is 2. The standard InChI is InChI=1S/C13H12FNO2/c1-13(2)6-9-11(17-13)8-5-7(14)3-4-10(8)15-12(9)16/h3-5H,6H2,1-2H3,(H,15,16). The van der Waals surface area contributed by atoms with Crippen molar-refractivity contribution >= 4 is 10.9 Å². The third-order valence-corrected chi connectivity index (χ3v) is 3.00. The predicted molar refractivity (Wildman–Crippen MR) is 62.9 cm³/mol. The number of aromatic nitrogens is 1. The van der Waals surface area contributed by atoms with Crippen molar-refractivity contribution in [3.05, 3.63) is 39.9 Å². The van der Waals surface area contributed by atoms with E-state index in [-0.39, 0.29) is 11.4 Å². The minimum absolute atomic E-state index is 0.148. The van der Waals surface area contributed by atoms with Gasteiger partial charge in [0.05, 0.1) is 11.1 Å². The Labute approximate surface area is 97.2 Å². The zero-order valence-electron chi connectivity index (χ0n) is 9.63. The van der Waals surface area contributed by atoms with Crippen molar-refractivity contribution < 1.29 is 9.13 Å². The third-order valence-electron chi connectivity index (χ3n) is 3.00. The second-order valence-electron chi connectivity index (χ2n) is 4.99. The van der Waals surface area contributed by atoms with Crippen LogP contribution >= 0.6 is 0 Å². The van der Waals surface area contributed by atoms with Crippen LogP contribution in [0, 0.1) is 5.82 Å². The quantitative estimate of drug-likeness (QED) is 0.759. The van der Waals surface area contributed by atoms with E-state index < -0.39 is 5.60 Å². The first-order chi connectivity index (χ1) is 7.96. The molecule has 3 rings (SSSR count). The average molecular weight is 233 g/mol. The van der Waals surface area contributed by atoms with Crippen molar-refractivity contribution in [3.8, 4) is 5.75 Å². The maximum Gasteiger partial charge on any atom is 0.255 e. The van der Waals surface area contributed by atoms with Gasteiger partial charge in [0, 0.05) is 11.8 Å². The first-order valence-corrected chi connectivity index (χ1v) is 5.50. The number of fused-ring (bicyclic) bond motifs is 3. The molecule has 1 aliphatic heterocycles. The molecule has 0 aliphatic carbocycles. The molecule has 1 aliphatic rings. The zero-order chi connectivity index (χ0) is 12.2. The van der Waals surface area contributed by atoms with Gasteiger partial charge in [-0.15, -0.1) is 0 Å². The summed E-state index contributed by atoms with van der Waals surface area (Å²) in [6, 6.07) is 4.28. The maximum absolute atomic E-state index is 13.3. The van der Waals surface area contributed by atoms with Crippen molar-refractivity contribution in [1.29, 1.82) is 0 Å². The molecule has 2 heterocycles. The van der Waals surface area contributed by atoms with Gasteiger partial charge >= 0.3 is 0 Å². The third kappa shape index (κ3) is 1.52. The molecule has 0 saturated heterocycles. The molecule has 1 N–H and O–H groups in total. The van der Waals surface area contributed by atoms with Gasteiger partial charge in [0.2, 0.25) is 0 Å². The Morgan fingerprint density at radius 2 is 2.18 bits per heavy atom. The van der Waals surface area contributed by atoms with Gasteiger partial charge in [-0.2, -0.15) is 0 Å². The SMILES string of the molecule is CC1(C)Cc2c(c3cc(F)ccc3[nH]c2=O)O1. The summed E-state index contributed by atoms with van der Waals surface area (Å²) in [6.45, 7) is 3.83. The second kappa shape index (κ2) is 3.09. The Hall–Kier alpha value is -1.84. The summed E-state index contributed by atoms with van der Waals surface area (Å²) >= 11 is 0. The Morgan fingerprint density at radius 1 is 1.41 bits per heavy atom. The average Bonchev–Trinajstić information content (AvgIpc) is 2.56. The Kier molecular flexibility index (Phi) is 1.88. The molecule has 4 heteroatoms. The van der Waals surface area contributed by atoms with Crippen molar-refractivity contribution in [2.75, 3.05) is 0 Å². The molecule has 0 spiro atoms. The summed E-state index contributed by atoms with van der Waals surface area (Å²) in [7, 11) is 0. The Bertz CT molecular complexity index is 673. The van der Waals surface area contributed by atoms with Crippen LogP contribution in [-0.4, -0.2) is 10.6 Å². The highest BCUT2D eigenvalue weighted by atomic mass is 19.1. The summed E-state index contributed by atoms with van der Waals surface area (Å²) in [5.41, 5.74) is 0.654. The number of H-pyrrole nitrogens is 1. The molecule has 0 bridgehead atoms. The number of halogens is 1. The van der Waals surface area contributed by atoms with Gasteiger partial charge < -0.3 is 9.72 Å². The van der Waals surface area contributed by atoms with Crippen LogP contribution in [0.2, 0.25) is 0 Å². The number of nitrogens with one attached hydrogen (secondary N) is 1. The molecule has 3 nitrogen and oxygen atoms in total. The molecule has 17 heavy (non-hydrogen) atoms. The lowest BCUT2D eigenvalue weighted by Crippen LogP contribution is -2.25. The number of rotatable bonds is 0. The van der Waals surface area contributed by atoms with Gasteiger partial charge in [-0.25, -0.2) is 4.39 Å². The van der Waals surface area contributed by atoms with Crippen LogP contribution in [0.3, 0.4) is 0 Å². The second-order valence-corrected chi connectivity index (χ2v) is 4.99. The van der Waals surface area contributed by atoms with E-state index >= 15 is 0 Å². The molecule has 0 radical (unpaired) electrons. The van der Waals surface area contributed by atoms with Crippen LogP contribution in [-0.2, 0) is 6.42 Å². The van der Waals surface area contributed by atoms with Crippen molar-refractivity contribution in [3.63, 3.8) is 0 Å². The van der Waals surface area contributed by atoms with Gasteiger partial charge in [0.1, 0.15) is 17.2 Å². The fourth-order valence-corrected chi connectivity index (χ4v) is 2.29. The van der Waals surface area contributed by atoms with Gasteiger partial charge in [0.15, 0.2) is 0 Å². The fourth-order valence-electron chi connectivity index (χ4n) is 2.29. The van der Waals surface area contributed by atoms with Crippen LogP contribution in [0.1, 0.15) is 19.4 Å². The highest BCUT2D eigenvalue weighted by Gasteiger charge is 2.33. The topological polar surface area (TPSA) is 42.1 Å². The lowest BCUT2D eigenvalue weighted by Gasteiger charge is -2.17. The Morgan fingerprint density at radius 3 is 2.94 bits per heavy atom. The van der Waals surface area contributed by atoms with Gasteiger partial charge in [-0.05, 0) is 32.0 Å². The number of pyridine rings is 1. The largest absolute Gasteiger partial charge is 0.486 e. The number of hydrogen-bond donors (Lipinski definition) is 1. The van der Waals surface area contributed by atoms with Crippen molar-refractivity contribution in [2.45, 2.75) is 25.9 Å². The molecule has 1 aromatic heterocycles. The maximum atomic E-state index is 13.3. The molecule has 2 aromatic rings. The van der Waals surface area contributed by atoms with Crippen LogP contribution in [0.5, 0.6) is 5.75 Å². The van der Waals surface area contributed by atoms with E-state index in [4.69, 9.17) is 4.74 Å². The molecular formula is C13H12FNO2. The van der Waals surface area contributed by atoms with Crippen molar-refractivity contribution in [2.24, 2.45) is 0 Å². The monoisotopic (exact) mass is 233 g/mol. The highest BCUT2D eigenvalue weighted by Crippen LogP contribution is 2.37. The lowest BCUT2D eigenvalue weighted by molar-refractivity contribution is 0.140. The van der Waals surface area contributed by atoms with E-state index in [1.165, 1.54) is 12.1 Å². The summed E-state index contributed by atoms with van der Waals surface area (Å²) in [5, 5.41) is 0.630. The summed E-state index contributed by atoms with van der Waals surface area (Å²) in [6.07, 6.45) is 0.546. The first kappa shape index (κ1) is 10.3. The van der Waals surface area contributed by atoms with E-state index in [0.717, 1.165) is 0 Å². The van der Waals surface area contributed by atoms with Crippen LogP contribution in [0.15, 0.2) is 23.0 Å². The molecule has 1 aromatic carbocycles. The first-order valence-electron chi connectivity index (χ1n) is 5.50. The van der Waals surface area contributed by atoms with E-state index in [1.54, 1.807) is 6.07 Å². The molecule has 88 valence electrons. The number of ether oxygens (including phenoxy) is 1. The van der Waals surface area contributed by atoms with Gasteiger partial charge in [-0.1, -0.05) is 0 Å². The summed E-state index contributed by atoms with van der Waals surface area (Å²) in [4.78, 5) is 14.6. The number of benzene rings is 1. The number of aromatic amines is 1. The lowest BCUT2D eigenvalue weighted by atomic mass is 10.0. The predicted octanol–water partition coefficient (Wildman–Crippen LogP) is 2.38. The zero-order valence-corrected chi connectivity index (χ0v) is 9.63. The smallest absolute Gasteiger partial charge is 0.255 e. The van der Waals surface area contributed by atoms with Gasteiger partial charge in [-0.3, -0.25) is 4.79 Å². The molecular weight excluding hydrogens is 221 g/mol. The van der Waals surface area contributed by atoms with E-state index in [9.17, 15) is 9.18 Å². The van der Waals surface area contributed by atoms with E-state index in [0.29, 0.717) is 28.6 Å². The molecule has 0 unspecified atom stereocenters. The minimum Gasteiger partial charge on any atom is -0.486 e. The summed E-state index contributed by atoms with van der Waals surface area (Å²) in [5.74, 6) is 0.188. The van der Waals surface area contributed by atoms with E-state index in [2.05, 4.69) is 4.98 Å². The van der Waals surface area contributed by atoms with Crippen LogP contribution in [0.25, 0.3) is 10.9 Å². The van der Waals surface area contributed by atoms with Gasteiger partial charge in [0.25, 0.3) is 5.56 Å². The minimum atomic E-state index is -0.407. The van der Waals surface area contributed by atoms with E-state index in [1.807, 2.05) is 13.8 Å². The van der Waals surface area contributed by atoms with Crippen molar-refractivity contribution in [1.82, 2.24) is 4.98 Å². The Balaban J connectivity index is 2.40. The van der Waals surface area contributed by atoms with Crippen LogP contribution < -0.4 is 10.3 Å². The van der Waals surface area contributed by atoms with Crippen LogP contribution in [0.4, 0.5) is 4.39 Å². The molecule has 0 amide bonds.